The third kappa shape index (κ3) is 4.21. The van der Waals surface area contributed by atoms with Crippen LogP contribution < -0.4 is 24.5 Å². The second-order valence-corrected chi connectivity index (χ2v) is 6.86. The van der Waals surface area contributed by atoms with Gasteiger partial charge in [0.25, 0.3) is 15.9 Å². The van der Waals surface area contributed by atoms with Crippen LogP contribution in [0, 0.1) is 5.82 Å². The van der Waals surface area contributed by atoms with Crippen molar-refractivity contribution in [2.24, 2.45) is 0 Å². The average molecular weight is 382 g/mol. The van der Waals surface area contributed by atoms with Gasteiger partial charge >= 0.3 is 0 Å². The number of para-hydroxylation sites is 1. The molecule has 0 bridgehead atoms. The Balaban J connectivity index is 1.58. The standard InChI is InChI=1S/C16H15FN2O6S/c17-12-3-1-2-4-13(12)25-10-16(20)18-19-26(21,22)11-5-6-14-15(9-11)24-8-7-23-14/h1-6,9,19H,7-8,10H2,(H,18,20). The van der Waals surface area contributed by atoms with Gasteiger partial charge in [0.05, 0.1) is 4.90 Å². The Bertz CT molecular complexity index is 919. The van der Waals surface area contributed by atoms with Crippen LogP contribution in [0.1, 0.15) is 0 Å². The topological polar surface area (TPSA) is 103 Å². The summed E-state index contributed by atoms with van der Waals surface area (Å²) in [5.41, 5.74) is 1.99. The maximum absolute atomic E-state index is 13.4. The van der Waals surface area contributed by atoms with Crippen molar-refractivity contribution in [3.05, 3.63) is 48.3 Å². The number of benzene rings is 2. The zero-order valence-electron chi connectivity index (χ0n) is 13.4. The largest absolute Gasteiger partial charge is 0.486 e. The predicted molar refractivity (Wildman–Crippen MR) is 87.8 cm³/mol. The van der Waals surface area contributed by atoms with Crippen LogP contribution in [-0.2, 0) is 14.8 Å². The fraction of sp³-hybridized carbons (Fsp3) is 0.188. The van der Waals surface area contributed by atoms with Gasteiger partial charge in [-0.25, -0.2) is 12.8 Å². The smallest absolute Gasteiger partial charge is 0.272 e. The molecule has 1 amide bonds. The zero-order chi connectivity index (χ0) is 18.6. The summed E-state index contributed by atoms with van der Waals surface area (Å²) in [4.78, 5) is 13.5. The van der Waals surface area contributed by atoms with E-state index in [0.29, 0.717) is 24.7 Å². The van der Waals surface area contributed by atoms with Gasteiger partial charge in [0.2, 0.25) is 0 Å². The first kappa shape index (κ1) is 18.0. The van der Waals surface area contributed by atoms with E-state index in [9.17, 15) is 17.6 Å². The van der Waals surface area contributed by atoms with E-state index in [-0.39, 0.29) is 10.6 Å². The first-order valence-electron chi connectivity index (χ1n) is 7.53. The Morgan fingerprint density at radius 2 is 1.85 bits per heavy atom. The van der Waals surface area contributed by atoms with Crippen LogP contribution >= 0.6 is 0 Å². The summed E-state index contributed by atoms with van der Waals surface area (Å²) < 4.78 is 53.5. The lowest BCUT2D eigenvalue weighted by molar-refractivity contribution is -0.123. The van der Waals surface area contributed by atoms with Crippen molar-refractivity contribution in [2.45, 2.75) is 4.90 Å². The maximum atomic E-state index is 13.4. The number of hydrogen-bond donors (Lipinski definition) is 2. The summed E-state index contributed by atoms with van der Waals surface area (Å²) in [6.07, 6.45) is 0. The Morgan fingerprint density at radius 1 is 1.12 bits per heavy atom. The van der Waals surface area contributed by atoms with E-state index in [1.165, 1.54) is 36.4 Å². The van der Waals surface area contributed by atoms with Crippen LogP contribution in [0.5, 0.6) is 17.2 Å². The van der Waals surface area contributed by atoms with Gasteiger partial charge in [-0.05, 0) is 24.3 Å². The molecule has 1 aliphatic heterocycles. The van der Waals surface area contributed by atoms with Gasteiger partial charge in [-0.1, -0.05) is 12.1 Å². The molecule has 1 aliphatic rings. The van der Waals surface area contributed by atoms with Crippen molar-refractivity contribution in [3.63, 3.8) is 0 Å². The highest BCUT2D eigenvalue weighted by Crippen LogP contribution is 2.32. The monoisotopic (exact) mass is 382 g/mol. The molecule has 138 valence electrons. The van der Waals surface area contributed by atoms with Gasteiger partial charge in [0, 0.05) is 6.07 Å². The van der Waals surface area contributed by atoms with E-state index in [1.807, 2.05) is 10.3 Å². The minimum atomic E-state index is -4.03. The third-order valence-electron chi connectivity index (χ3n) is 3.34. The molecule has 8 nitrogen and oxygen atoms in total. The summed E-state index contributed by atoms with van der Waals surface area (Å²) in [6.45, 7) is 0.133. The fourth-order valence-electron chi connectivity index (χ4n) is 2.12. The van der Waals surface area contributed by atoms with Crippen LogP contribution in [0.4, 0.5) is 4.39 Å². The number of nitrogens with one attached hydrogen (secondary N) is 2. The van der Waals surface area contributed by atoms with Crippen molar-refractivity contribution >= 4 is 15.9 Å². The van der Waals surface area contributed by atoms with E-state index in [0.717, 1.165) is 0 Å². The van der Waals surface area contributed by atoms with Gasteiger partial charge < -0.3 is 14.2 Å². The lowest BCUT2D eigenvalue weighted by Crippen LogP contribution is -2.43. The van der Waals surface area contributed by atoms with Crippen LogP contribution in [0.3, 0.4) is 0 Å². The number of hydrogen-bond acceptors (Lipinski definition) is 6. The number of carbonyl (C=O) groups excluding carboxylic acids is 1. The normalized spacial score (nSPS) is 13.1. The summed E-state index contributed by atoms with van der Waals surface area (Å²) in [5, 5.41) is 0. The molecule has 0 fully saturated rings. The quantitative estimate of drug-likeness (QED) is 0.722. The molecular formula is C16H15FN2O6S. The van der Waals surface area contributed by atoms with Crippen LogP contribution in [-0.4, -0.2) is 34.1 Å². The van der Waals surface area contributed by atoms with E-state index in [1.54, 1.807) is 6.07 Å². The summed E-state index contributed by atoms with van der Waals surface area (Å²) in [6, 6.07) is 9.62. The summed E-state index contributed by atoms with van der Waals surface area (Å²) >= 11 is 0. The number of fused-ring (bicyclic) bond motifs is 1. The molecule has 0 aromatic heterocycles. The molecule has 0 saturated heterocycles. The van der Waals surface area contributed by atoms with Crippen molar-refractivity contribution < 1.29 is 31.8 Å². The molecule has 0 spiro atoms. The number of carbonyl (C=O) groups is 1. The Morgan fingerprint density at radius 3 is 2.62 bits per heavy atom. The minimum Gasteiger partial charge on any atom is -0.486 e. The third-order valence-corrected chi connectivity index (χ3v) is 4.59. The van der Waals surface area contributed by atoms with E-state index in [4.69, 9.17) is 14.2 Å². The molecule has 3 rings (SSSR count). The van der Waals surface area contributed by atoms with Gasteiger partial charge in [-0.15, -0.1) is 4.83 Å². The molecule has 0 atom stereocenters. The molecule has 26 heavy (non-hydrogen) atoms. The van der Waals surface area contributed by atoms with Gasteiger partial charge in [0.1, 0.15) is 13.2 Å². The molecule has 10 heteroatoms. The number of halogens is 1. The molecule has 2 aromatic carbocycles. The number of rotatable bonds is 6. The molecule has 1 heterocycles. The molecule has 0 unspecified atom stereocenters. The highest BCUT2D eigenvalue weighted by Gasteiger charge is 2.20. The molecule has 0 saturated carbocycles. The van der Waals surface area contributed by atoms with Crippen molar-refractivity contribution in [2.75, 3.05) is 19.8 Å². The predicted octanol–water partition coefficient (Wildman–Crippen LogP) is 0.985. The van der Waals surface area contributed by atoms with Crippen LogP contribution in [0.2, 0.25) is 0 Å². The lowest BCUT2D eigenvalue weighted by atomic mass is 10.3. The second-order valence-electron chi connectivity index (χ2n) is 5.18. The summed E-state index contributed by atoms with van der Waals surface area (Å²) in [5.74, 6) is -0.797. The molecular weight excluding hydrogens is 367 g/mol. The Hall–Kier alpha value is -2.85. The number of sulfonamides is 1. The Labute approximate surface area is 148 Å². The van der Waals surface area contributed by atoms with Gasteiger partial charge in [0.15, 0.2) is 29.7 Å². The molecule has 2 aromatic rings. The maximum Gasteiger partial charge on any atom is 0.272 e. The molecule has 0 aliphatic carbocycles. The Kier molecular flexibility index (Phi) is 5.24. The zero-order valence-corrected chi connectivity index (χ0v) is 14.2. The summed E-state index contributed by atoms with van der Waals surface area (Å²) in [7, 11) is -4.03. The minimum absolute atomic E-state index is 0.114. The van der Waals surface area contributed by atoms with Crippen LogP contribution in [0.15, 0.2) is 47.4 Å². The SMILES string of the molecule is O=C(COc1ccccc1F)NNS(=O)(=O)c1ccc2c(c1)OCCO2. The first-order valence-corrected chi connectivity index (χ1v) is 9.02. The average Bonchev–Trinajstić information content (AvgIpc) is 2.65. The molecule has 0 radical (unpaired) electrons. The van der Waals surface area contributed by atoms with Crippen molar-refractivity contribution in [1.82, 2.24) is 10.3 Å². The highest BCUT2D eigenvalue weighted by atomic mass is 32.2. The van der Waals surface area contributed by atoms with Crippen LogP contribution in [0.25, 0.3) is 0 Å². The first-order chi connectivity index (χ1) is 12.5. The second kappa shape index (κ2) is 7.58. The van der Waals surface area contributed by atoms with Crippen molar-refractivity contribution in [3.8, 4) is 17.2 Å². The number of ether oxygens (including phenoxy) is 3. The van der Waals surface area contributed by atoms with E-state index in [2.05, 4.69) is 0 Å². The highest BCUT2D eigenvalue weighted by molar-refractivity contribution is 7.89. The fourth-order valence-corrected chi connectivity index (χ4v) is 2.99. The van der Waals surface area contributed by atoms with Gasteiger partial charge in [-0.3, -0.25) is 10.2 Å². The molecule has 2 N–H and O–H groups in total. The lowest BCUT2D eigenvalue weighted by Gasteiger charge is -2.19. The van der Waals surface area contributed by atoms with Crippen molar-refractivity contribution in [1.29, 1.82) is 0 Å². The van der Waals surface area contributed by atoms with Gasteiger partial charge in [-0.2, -0.15) is 0 Å². The van der Waals surface area contributed by atoms with E-state index >= 15 is 0 Å². The van der Waals surface area contributed by atoms with E-state index < -0.39 is 28.4 Å². The number of amides is 1. The number of hydrazine groups is 1.